The molecule has 0 radical (unpaired) electrons. The standard InChI is InChI=1S/C30H35N6O7P/c1-30(2)42-25-23(17-40-44(37,38-15-21-11-7-5-8-12-21)39-16-22-13-9-6-10-14-22)41-29(26(25)43-30)36-20-33-24-27(34-19-35(3)4)31-18-32-28(24)36/h5-14,18-20,23,25-26,29H,15-17H2,1-4H3/b34-19-/t23-,25+,26+,29-/m1/s1. The average Bonchev–Trinajstić information content (AvgIpc) is 3.69. The number of imidazole rings is 1. The van der Waals surface area contributed by atoms with Crippen LogP contribution >= 0.6 is 7.82 Å². The van der Waals surface area contributed by atoms with Gasteiger partial charge in [-0.25, -0.2) is 24.5 Å². The van der Waals surface area contributed by atoms with Gasteiger partial charge in [0.25, 0.3) is 0 Å². The van der Waals surface area contributed by atoms with E-state index in [1.807, 2.05) is 88.6 Å². The predicted octanol–water partition coefficient (Wildman–Crippen LogP) is 5.02. The summed E-state index contributed by atoms with van der Waals surface area (Å²) < 4.78 is 52.2. The van der Waals surface area contributed by atoms with Gasteiger partial charge in [0.1, 0.15) is 24.6 Å². The molecule has 232 valence electrons. The first-order valence-corrected chi connectivity index (χ1v) is 15.7. The minimum Gasteiger partial charge on any atom is -0.369 e. The summed E-state index contributed by atoms with van der Waals surface area (Å²) in [7, 11) is -0.313. The van der Waals surface area contributed by atoms with Crippen LogP contribution in [0.15, 0.2) is 78.3 Å². The van der Waals surface area contributed by atoms with E-state index in [1.165, 1.54) is 6.33 Å². The van der Waals surface area contributed by atoms with Gasteiger partial charge in [0.15, 0.2) is 29.0 Å². The van der Waals surface area contributed by atoms with Crippen molar-refractivity contribution in [2.75, 3.05) is 20.7 Å². The molecule has 13 nitrogen and oxygen atoms in total. The van der Waals surface area contributed by atoms with Crippen LogP contribution < -0.4 is 0 Å². The Balaban J connectivity index is 1.22. The zero-order valence-electron chi connectivity index (χ0n) is 24.9. The van der Waals surface area contributed by atoms with Gasteiger partial charge in [0.05, 0.1) is 32.5 Å². The first-order chi connectivity index (χ1) is 21.2. The Labute approximate surface area is 255 Å². The third-order valence-corrected chi connectivity index (χ3v) is 8.37. The van der Waals surface area contributed by atoms with Gasteiger partial charge in [-0.3, -0.25) is 18.1 Å². The van der Waals surface area contributed by atoms with E-state index in [2.05, 4.69) is 19.9 Å². The van der Waals surface area contributed by atoms with E-state index < -0.39 is 38.1 Å². The maximum absolute atomic E-state index is 13.9. The maximum Gasteiger partial charge on any atom is 0.475 e. The van der Waals surface area contributed by atoms with E-state index in [0.29, 0.717) is 17.0 Å². The lowest BCUT2D eigenvalue weighted by Crippen LogP contribution is -2.32. The van der Waals surface area contributed by atoms with Crippen LogP contribution in [0.2, 0.25) is 0 Å². The average molecular weight is 623 g/mol. The van der Waals surface area contributed by atoms with Gasteiger partial charge in [0, 0.05) is 14.1 Å². The van der Waals surface area contributed by atoms with Gasteiger partial charge in [0.2, 0.25) is 0 Å². The number of fused-ring (bicyclic) bond motifs is 2. The Kier molecular flexibility index (Phi) is 8.88. The molecule has 0 amide bonds. The molecule has 4 heterocycles. The third kappa shape index (κ3) is 6.89. The summed E-state index contributed by atoms with van der Waals surface area (Å²) in [5, 5.41) is 0. The molecule has 6 rings (SSSR count). The number of phosphoric acid groups is 1. The smallest absolute Gasteiger partial charge is 0.369 e. The summed E-state index contributed by atoms with van der Waals surface area (Å²) in [4.78, 5) is 19.5. The Morgan fingerprint density at radius 3 is 2.20 bits per heavy atom. The molecule has 2 fully saturated rings. The highest BCUT2D eigenvalue weighted by Gasteiger charge is 2.56. The van der Waals surface area contributed by atoms with E-state index in [-0.39, 0.29) is 19.8 Å². The topological polar surface area (TPSA) is 132 Å². The molecule has 0 spiro atoms. The number of rotatable bonds is 12. The molecule has 0 aliphatic carbocycles. The molecule has 2 aliphatic rings. The molecular weight excluding hydrogens is 587 g/mol. The second-order valence-corrected chi connectivity index (χ2v) is 12.8. The van der Waals surface area contributed by atoms with Crippen molar-refractivity contribution < 1.29 is 32.3 Å². The lowest BCUT2D eigenvalue weighted by Gasteiger charge is -2.25. The molecule has 0 saturated carbocycles. The highest BCUT2D eigenvalue weighted by Crippen LogP contribution is 2.52. The van der Waals surface area contributed by atoms with E-state index >= 15 is 0 Å². The fraction of sp³-hybridized carbons (Fsp3) is 0.400. The Morgan fingerprint density at radius 1 is 0.932 bits per heavy atom. The van der Waals surface area contributed by atoms with E-state index in [0.717, 1.165) is 11.1 Å². The monoisotopic (exact) mass is 622 g/mol. The highest BCUT2D eigenvalue weighted by atomic mass is 31.2. The summed E-state index contributed by atoms with van der Waals surface area (Å²) in [6.07, 6.45) is 2.26. The summed E-state index contributed by atoms with van der Waals surface area (Å²) in [5.41, 5.74) is 2.69. The molecule has 2 aromatic heterocycles. The number of nitrogens with zero attached hydrogens (tertiary/aromatic N) is 6. The second kappa shape index (κ2) is 12.8. The summed E-state index contributed by atoms with van der Waals surface area (Å²) in [6.45, 7) is 3.61. The molecular formula is C30H35N6O7P. The molecule has 2 aliphatic heterocycles. The molecule has 0 bridgehead atoms. The van der Waals surface area contributed by atoms with Crippen LogP contribution in [-0.2, 0) is 45.6 Å². The van der Waals surface area contributed by atoms with Crippen molar-refractivity contribution in [1.29, 1.82) is 0 Å². The van der Waals surface area contributed by atoms with Gasteiger partial charge < -0.3 is 19.1 Å². The van der Waals surface area contributed by atoms with Crippen molar-refractivity contribution in [2.45, 2.75) is 57.4 Å². The fourth-order valence-corrected chi connectivity index (χ4v) is 6.21. The van der Waals surface area contributed by atoms with Crippen LogP contribution in [0.5, 0.6) is 0 Å². The Morgan fingerprint density at radius 2 is 1.57 bits per heavy atom. The van der Waals surface area contributed by atoms with E-state index in [9.17, 15) is 4.57 Å². The van der Waals surface area contributed by atoms with Crippen LogP contribution in [0.4, 0.5) is 5.82 Å². The maximum atomic E-state index is 13.9. The largest absolute Gasteiger partial charge is 0.475 e. The minimum absolute atomic E-state index is 0.0408. The molecule has 2 saturated heterocycles. The predicted molar refractivity (Wildman–Crippen MR) is 161 cm³/mol. The molecule has 4 atom stereocenters. The number of benzene rings is 2. The van der Waals surface area contributed by atoms with Crippen molar-refractivity contribution in [3.8, 4) is 0 Å². The van der Waals surface area contributed by atoms with Crippen LogP contribution in [0.1, 0.15) is 31.2 Å². The summed E-state index contributed by atoms with van der Waals surface area (Å²) >= 11 is 0. The van der Waals surface area contributed by atoms with Gasteiger partial charge in [-0.2, -0.15) is 0 Å². The number of aromatic nitrogens is 4. The van der Waals surface area contributed by atoms with Crippen LogP contribution in [-0.4, -0.2) is 75.6 Å². The lowest BCUT2D eigenvalue weighted by atomic mass is 10.1. The van der Waals surface area contributed by atoms with Gasteiger partial charge in [-0.15, -0.1) is 0 Å². The summed E-state index contributed by atoms with van der Waals surface area (Å²) in [5.74, 6) is -0.465. The quantitative estimate of drug-likeness (QED) is 0.120. The zero-order valence-corrected chi connectivity index (χ0v) is 25.8. The Bertz CT molecular complexity index is 1590. The molecule has 0 N–H and O–H groups in total. The van der Waals surface area contributed by atoms with Crippen molar-refractivity contribution in [3.05, 3.63) is 84.4 Å². The van der Waals surface area contributed by atoms with E-state index in [1.54, 1.807) is 22.1 Å². The first-order valence-electron chi connectivity index (χ1n) is 14.2. The SMILES string of the molecule is CN(C)/C=N\c1ncnc2c1ncn2[C@@H]1O[C@H](COP(=O)(OCc2ccccc2)OCc2ccccc2)[C@@H]2OC(C)(C)O[C@@H]21. The minimum atomic E-state index is -4.05. The van der Waals surface area contributed by atoms with Crippen molar-refractivity contribution in [3.63, 3.8) is 0 Å². The van der Waals surface area contributed by atoms with Gasteiger partial charge in [-0.1, -0.05) is 60.7 Å². The number of hydrogen-bond acceptors (Lipinski definition) is 11. The first kappa shape index (κ1) is 30.5. The molecule has 14 heteroatoms. The van der Waals surface area contributed by atoms with Crippen LogP contribution in [0.3, 0.4) is 0 Å². The third-order valence-electron chi connectivity index (χ3n) is 7.01. The number of hydrogen-bond donors (Lipinski definition) is 0. The van der Waals surface area contributed by atoms with Crippen molar-refractivity contribution in [2.24, 2.45) is 4.99 Å². The number of ether oxygens (including phenoxy) is 3. The zero-order chi connectivity index (χ0) is 30.7. The lowest BCUT2D eigenvalue weighted by molar-refractivity contribution is -0.199. The molecule has 4 aromatic rings. The number of aliphatic imine (C=N–C) groups is 1. The normalized spacial score (nSPS) is 23.0. The number of phosphoric ester groups is 1. The molecule has 44 heavy (non-hydrogen) atoms. The van der Waals surface area contributed by atoms with Crippen LogP contribution in [0.25, 0.3) is 11.2 Å². The van der Waals surface area contributed by atoms with Crippen molar-refractivity contribution in [1.82, 2.24) is 24.4 Å². The Hall–Kier alpha value is -3.55. The fourth-order valence-electron chi connectivity index (χ4n) is 5.04. The molecule has 2 aromatic carbocycles. The van der Waals surface area contributed by atoms with Gasteiger partial charge in [-0.05, 0) is 25.0 Å². The molecule has 0 unspecified atom stereocenters. The highest BCUT2D eigenvalue weighted by molar-refractivity contribution is 7.48. The summed E-state index contributed by atoms with van der Waals surface area (Å²) in [6, 6.07) is 18.8. The van der Waals surface area contributed by atoms with Crippen molar-refractivity contribution >= 4 is 31.1 Å². The second-order valence-electron chi connectivity index (χ2n) is 11.1. The van der Waals surface area contributed by atoms with Gasteiger partial charge >= 0.3 is 7.82 Å². The van der Waals surface area contributed by atoms with Crippen LogP contribution in [0, 0.1) is 0 Å². The van der Waals surface area contributed by atoms with E-state index in [4.69, 9.17) is 27.8 Å².